The first-order chi connectivity index (χ1) is 9.66. The largest absolute Gasteiger partial charge is 0.493 e. The molecule has 20 heavy (non-hydrogen) atoms. The summed E-state index contributed by atoms with van der Waals surface area (Å²) in [5.74, 6) is 1.09. The van der Waals surface area contributed by atoms with Crippen molar-refractivity contribution in [3.8, 4) is 5.75 Å². The summed E-state index contributed by atoms with van der Waals surface area (Å²) in [5.41, 5.74) is 3.84. The molecule has 0 aromatic heterocycles. The first kappa shape index (κ1) is 15.3. The van der Waals surface area contributed by atoms with Gasteiger partial charge in [-0.15, -0.1) is 0 Å². The van der Waals surface area contributed by atoms with Gasteiger partial charge in [0.2, 0.25) is 0 Å². The zero-order valence-corrected chi connectivity index (χ0v) is 13.3. The lowest BCUT2D eigenvalue weighted by atomic mass is 10.1. The van der Waals surface area contributed by atoms with E-state index in [-0.39, 0.29) is 0 Å². The molecule has 3 nitrogen and oxygen atoms in total. The molecule has 0 radical (unpaired) electrons. The maximum atomic E-state index is 6.00. The van der Waals surface area contributed by atoms with E-state index < -0.39 is 0 Å². The molecule has 1 aromatic carbocycles. The molecule has 0 atom stereocenters. The minimum atomic E-state index is 0.851. The fraction of sp³-hybridized carbons (Fsp3) is 0.647. The van der Waals surface area contributed by atoms with Crippen molar-refractivity contribution in [2.75, 3.05) is 39.3 Å². The number of quaternary nitrogens is 2. The van der Waals surface area contributed by atoms with Crippen LogP contribution in [0.1, 0.15) is 29.5 Å². The van der Waals surface area contributed by atoms with E-state index in [0.29, 0.717) is 0 Å². The van der Waals surface area contributed by atoms with Crippen LogP contribution >= 0.6 is 0 Å². The molecule has 1 aliphatic heterocycles. The predicted octanol–water partition coefficient (Wildman–Crippen LogP) is 0.233. The lowest BCUT2D eigenvalue weighted by Gasteiger charge is -2.22. The van der Waals surface area contributed by atoms with E-state index in [1.807, 2.05) is 0 Å². The van der Waals surface area contributed by atoms with Crippen molar-refractivity contribution in [1.29, 1.82) is 0 Å². The number of benzene rings is 1. The first-order valence-electron chi connectivity index (χ1n) is 8.02. The summed E-state index contributed by atoms with van der Waals surface area (Å²) in [6.07, 6.45) is 2.44. The summed E-state index contributed by atoms with van der Waals surface area (Å²) < 4.78 is 6.00. The van der Waals surface area contributed by atoms with E-state index >= 15 is 0 Å². The van der Waals surface area contributed by atoms with E-state index in [1.165, 1.54) is 62.3 Å². The van der Waals surface area contributed by atoms with Crippen LogP contribution in [0.4, 0.5) is 0 Å². The van der Waals surface area contributed by atoms with Gasteiger partial charge in [0.05, 0.1) is 13.2 Å². The van der Waals surface area contributed by atoms with Crippen molar-refractivity contribution in [2.24, 2.45) is 0 Å². The van der Waals surface area contributed by atoms with Gasteiger partial charge < -0.3 is 15.0 Å². The highest BCUT2D eigenvalue weighted by Crippen LogP contribution is 2.24. The molecular formula is C17H30N2O+2. The number of hydrogen-bond acceptors (Lipinski definition) is 1. The molecule has 112 valence electrons. The Morgan fingerprint density at radius 3 is 2.35 bits per heavy atom. The molecule has 0 saturated carbocycles. The third kappa shape index (κ3) is 4.50. The van der Waals surface area contributed by atoms with Gasteiger partial charge >= 0.3 is 0 Å². The second kappa shape index (κ2) is 7.65. The Hall–Kier alpha value is -1.06. The number of aryl methyl sites for hydroxylation is 3. The molecule has 0 unspecified atom stereocenters. The van der Waals surface area contributed by atoms with Crippen LogP contribution in [0.5, 0.6) is 5.75 Å². The predicted molar refractivity (Wildman–Crippen MR) is 82.6 cm³/mol. The summed E-state index contributed by atoms with van der Waals surface area (Å²) >= 11 is 0. The van der Waals surface area contributed by atoms with Gasteiger partial charge in [0, 0.05) is 0 Å². The normalized spacial score (nSPS) is 16.4. The van der Waals surface area contributed by atoms with E-state index in [0.717, 1.165) is 12.4 Å². The average molecular weight is 278 g/mol. The fourth-order valence-electron chi connectivity index (χ4n) is 3.18. The van der Waals surface area contributed by atoms with Gasteiger partial charge in [-0.3, -0.25) is 0 Å². The SMILES string of the molecule is Cc1cc(C)c(OCCCC[NH+]2CC[NH2+]CC2)c(C)c1. The number of ether oxygens (including phenoxy) is 1. The Morgan fingerprint density at radius 1 is 1.05 bits per heavy atom. The molecular weight excluding hydrogens is 248 g/mol. The highest BCUT2D eigenvalue weighted by atomic mass is 16.5. The summed E-state index contributed by atoms with van der Waals surface area (Å²) in [7, 11) is 0. The van der Waals surface area contributed by atoms with Gasteiger partial charge in [-0.1, -0.05) is 17.7 Å². The third-order valence-electron chi connectivity index (χ3n) is 4.18. The van der Waals surface area contributed by atoms with Crippen molar-refractivity contribution in [3.63, 3.8) is 0 Å². The zero-order valence-electron chi connectivity index (χ0n) is 13.3. The monoisotopic (exact) mass is 278 g/mol. The number of nitrogens with two attached hydrogens (primary N) is 1. The Balaban J connectivity index is 1.68. The Morgan fingerprint density at radius 2 is 1.70 bits per heavy atom. The van der Waals surface area contributed by atoms with Gasteiger partial charge in [-0.2, -0.15) is 0 Å². The van der Waals surface area contributed by atoms with E-state index in [4.69, 9.17) is 4.74 Å². The Labute approximate surface area is 123 Å². The smallest absolute Gasteiger partial charge is 0.127 e. The standard InChI is InChI=1S/C17H28N2O/c1-14-12-15(2)17(16(3)13-14)20-11-5-4-8-19-9-6-18-7-10-19/h12-13,18H,4-11H2,1-3H3/p+2. The number of unbranched alkanes of at least 4 members (excludes halogenated alkanes) is 1. The van der Waals surface area contributed by atoms with Crippen LogP contribution in [0.2, 0.25) is 0 Å². The molecule has 1 aromatic rings. The van der Waals surface area contributed by atoms with E-state index in [1.54, 1.807) is 4.90 Å². The molecule has 1 fully saturated rings. The maximum Gasteiger partial charge on any atom is 0.127 e. The van der Waals surface area contributed by atoms with Gasteiger partial charge in [0.25, 0.3) is 0 Å². The van der Waals surface area contributed by atoms with Crippen LogP contribution in [0.25, 0.3) is 0 Å². The number of piperazine rings is 1. The molecule has 2 rings (SSSR count). The highest BCUT2D eigenvalue weighted by Gasteiger charge is 2.14. The van der Waals surface area contributed by atoms with Crippen LogP contribution in [0.3, 0.4) is 0 Å². The van der Waals surface area contributed by atoms with Crippen LogP contribution in [-0.4, -0.2) is 39.3 Å². The topological polar surface area (TPSA) is 30.3 Å². The molecule has 0 spiro atoms. The zero-order chi connectivity index (χ0) is 14.4. The van der Waals surface area contributed by atoms with Gasteiger partial charge in [-0.05, 0) is 44.7 Å². The second-order valence-electron chi connectivity index (χ2n) is 6.15. The van der Waals surface area contributed by atoms with Gasteiger partial charge in [-0.25, -0.2) is 0 Å². The lowest BCUT2D eigenvalue weighted by Crippen LogP contribution is -3.20. The van der Waals surface area contributed by atoms with E-state index in [9.17, 15) is 0 Å². The first-order valence-corrected chi connectivity index (χ1v) is 8.02. The number of hydrogen-bond donors (Lipinski definition) is 2. The molecule has 1 aliphatic rings. The van der Waals surface area contributed by atoms with E-state index in [2.05, 4.69) is 38.2 Å². The fourth-order valence-corrected chi connectivity index (χ4v) is 3.18. The third-order valence-corrected chi connectivity index (χ3v) is 4.18. The highest BCUT2D eigenvalue weighted by molar-refractivity contribution is 5.42. The summed E-state index contributed by atoms with van der Waals surface area (Å²) in [5, 5.41) is 2.43. The minimum absolute atomic E-state index is 0.851. The summed E-state index contributed by atoms with van der Waals surface area (Å²) in [6.45, 7) is 13.8. The number of nitrogens with one attached hydrogen (secondary N) is 1. The lowest BCUT2D eigenvalue weighted by molar-refractivity contribution is -0.946. The second-order valence-corrected chi connectivity index (χ2v) is 6.15. The van der Waals surface area contributed by atoms with Crippen molar-refractivity contribution >= 4 is 0 Å². The molecule has 0 amide bonds. The molecule has 1 heterocycles. The van der Waals surface area contributed by atoms with Crippen LogP contribution in [0.15, 0.2) is 12.1 Å². The molecule has 3 heteroatoms. The maximum absolute atomic E-state index is 6.00. The quantitative estimate of drug-likeness (QED) is 0.717. The Bertz CT molecular complexity index is 402. The summed E-state index contributed by atoms with van der Waals surface area (Å²) in [4.78, 5) is 1.77. The molecule has 0 aliphatic carbocycles. The Kier molecular flexibility index (Phi) is 5.86. The van der Waals surface area contributed by atoms with Crippen LogP contribution in [0, 0.1) is 20.8 Å². The van der Waals surface area contributed by atoms with Crippen LogP contribution < -0.4 is 15.0 Å². The van der Waals surface area contributed by atoms with Crippen molar-refractivity contribution in [3.05, 3.63) is 28.8 Å². The van der Waals surface area contributed by atoms with Gasteiger partial charge in [0.15, 0.2) is 0 Å². The van der Waals surface area contributed by atoms with Crippen molar-refractivity contribution in [1.82, 2.24) is 0 Å². The molecule has 1 saturated heterocycles. The summed E-state index contributed by atoms with van der Waals surface area (Å²) in [6, 6.07) is 4.41. The van der Waals surface area contributed by atoms with Crippen molar-refractivity contribution < 1.29 is 15.0 Å². The van der Waals surface area contributed by atoms with Crippen LogP contribution in [-0.2, 0) is 0 Å². The number of rotatable bonds is 6. The molecule has 3 N–H and O–H groups in total. The average Bonchev–Trinajstić information content (AvgIpc) is 2.42. The molecule has 0 bridgehead atoms. The van der Waals surface area contributed by atoms with Gasteiger partial charge in [0.1, 0.15) is 31.9 Å². The minimum Gasteiger partial charge on any atom is -0.493 e. The van der Waals surface area contributed by atoms with Crippen molar-refractivity contribution in [2.45, 2.75) is 33.6 Å².